The molecule has 2 aromatic carbocycles. The standard InChI is InChI=1S/C29H33N3O3/c1-19-24(5-4-12-32-13-15-35-16-14-32)20(2)30-27(19)18-26-25-11-8-22(17-28(25)31-29(26)33)21-6-9-23(34-3)10-7-21/h6-11,17-18,30H,4-5,12-16H2,1-3H3,(H,31,33). The molecule has 1 aromatic heterocycles. The molecular weight excluding hydrogens is 438 g/mol. The molecule has 0 bridgehead atoms. The van der Waals surface area contributed by atoms with Crippen molar-refractivity contribution in [1.82, 2.24) is 9.88 Å². The first kappa shape index (κ1) is 23.4. The fourth-order valence-corrected chi connectivity index (χ4v) is 5.08. The van der Waals surface area contributed by atoms with Gasteiger partial charge in [-0.2, -0.15) is 0 Å². The number of aryl methyl sites for hydroxylation is 1. The summed E-state index contributed by atoms with van der Waals surface area (Å²) in [4.78, 5) is 18.9. The van der Waals surface area contributed by atoms with Crippen LogP contribution in [0, 0.1) is 13.8 Å². The minimum atomic E-state index is -0.0626. The lowest BCUT2D eigenvalue weighted by Gasteiger charge is -2.26. The Bertz CT molecular complexity index is 1250. The zero-order valence-electron chi connectivity index (χ0n) is 20.7. The van der Waals surface area contributed by atoms with Crippen molar-refractivity contribution >= 4 is 23.2 Å². The third-order valence-corrected chi connectivity index (χ3v) is 7.15. The van der Waals surface area contributed by atoms with Gasteiger partial charge in [0.05, 0.1) is 25.9 Å². The molecule has 1 amide bonds. The van der Waals surface area contributed by atoms with Gasteiger partial charge in [0, 0.05) is 35.7 Å². The zero-order chi connectivity index (χ0) is 24.4. The van der Waals surface area contributed by atoms with Crippen LogP contribution in [0.2, 0.25) is 0 Å². The van der Waals surface area contributed by atoms with Gasteiger partial charge in [-0.15, -0.1) is 0 Å². The highest BCUT2D eigenvalue weighted by atomic mass is 16.5. The van der Waals surface area contributed by atoms with Gasteiger partial charge in [-0.3, -0.25) is 9.69 Å². The molecule has 3 aromatic rings. The van der Waals surface area contributed by atoms with Crippen molar-refractivity contribution in [2.75, 3.05) is 45.3 Å². The number of nitrogens with one attached hydrogen (secondary N) is 2. The summed E-state index contributed by atoms with van der Waals surface area (Å²) in [5, 5.41) is 3.05. The molecule has 0 aliphatic carbocycles. The van der Waals surface area contributed by atoms with Crippen LogP contribution in [-0.4, -0.2) is 55.7 Å². The number of anilines is 1. The largest absolute Gasteiger partial charge is 0.497 e. The SMILES string of the molecule is COc1ccc(-c2ccc3c(c2)NC(=O)C3=Cc2[nH]c(C)c(CCCN3CCOCC3)c2C)cc1. The molecule has 0 saturated carbocycles. The molecule has 0 radical (unpaired) electrons. The van der Waals surface area contributed by atoms with E-state index in [0.717, 1.165) is 79.5 Å². The summed E-state index contributed by atoms with van der Waals surface area (Å²) in [6.45, 7) is 9.10. The van der Waals surface area contributed by atoms with E-state index in [4.69, 9.17) is 9.47 Å². The van der Waals surface area contributed by atoms with Gasteiger partial charge in [-0.05, 0) is 79.8 Å². The second-order valence-electron chi connectivity index (χ2n) is 9.33. The molecular formula is C29H33N3O3. The van der Waals surface area contributed by atoms with Crippen molar-refractivity contribution in [3.05, 3.63) is 70.5 Å². The topological polar surface area (TPSA) is 66.6 Å². The van der Waals surface area contributed by atoms with Gasteiger partial charge in [0.1, 0.15) is 5.75 Å². The molecule has 182 valence electrons. The van der Waals surface area contributed by atoms with Gasteiger partial charge >= 0.3 is 0 Å². The second-order valence-corrected chi connectivity index (χ2v) is 9.33. The Balaban J connectivity index is 1.34. The molecule has 1 saturated heterocycles. The number of amides is 1. The van der Waals surface area contributed by atoms with Crippen LogP contribution in [0.4, 0.5) is 5.69 Å². The lowest BCUT2D eigenvalue weighted by atomic mass is 9.99. The molecule has 2 aliphatic rings. The van der Waals surface area contributed by atoms with E-state index < -0.39 is 0 Å². The number of carbonyl (C=O) groups excluding carboxylic acids is 1. The Morgan fingerprint density at radius 1 is 1.06 bits per heavy atom. The van der Waals surface area contributed by atoms with Crippen molar-refractivity contribution in [3.8, 4) is 16.9 Å². The second kappa shape index (κ2) is 10.1. The van der Waals surface area contributed by atoms with E-state index in [1.807, 2.05) is 42.5 Å². The van der Waals surface area contributed by atoms with Crippen molar-refractivity contribution < 1.29 is 14.3 Å². The van der Waals surface area contributed by atoms with E-state index in [9.17, 15) is 4.79 Å². The number of rotatable bonds is 7. The normalized spacial score (nSPS) is 17.0. The highest BCUT2D eigenvalue weighted by molar-refractivity contribution is 6.35. The van der Waals surface area contributed by atoms with Crippen LogP contribution in [0.15, 0.2) is 42.5 Å². The van der Waals surface area contributed by atoms with Crippen LogP contribution < -0.4 is 10.1 Å². The molecule has 6 nitrogen and oxygen atoms in total. The van der Waals surface area contributed by atoms with Crippen LogP contribution >= 0.6 is 0 Å². The van der Waals surface area contributed by atoms with E-state index in [1.54, 1.807) is 7.11 Å². The number of aromatic amines is 1. The number of ether oxygens (including phenoxy) is 2. The monoisotopic (exact) mass is 471 g/mol. The molecule has 3 heterocycles. The van der Waals surface area contributed by atoms with Crippen molar-refractivity contribution in [2.45, 2.75) is 26.7 Å². The molecule has 0 atom stereocenters. The third-order valence-electron chi connectivity index (χ3n) is 7.15. The van der Waals surface area contributed by atoms with E-state index in [2.05, 4.69) is 35.1 Å². The minimum Gasteiger partial charge on any atom is -0.497 e. The average molecular weight is 472 g/mol. The number of benzene rings is 2. The molecule has 5 rings (SSSR count). The maximum absolute atomic E-state index is 12.9. The third kappa shape index (κ3) is 4.90. The first-order chi connectivity index (χ1) is 17.0. The molecule has 2 N–H and O–H groups in total. The predicted molar refractivity (Wildman–Crippen MR) is 141 cm³/mol. The van der Waals surface area contributed by atoms with Gasteiger partial charge < -0.3 is 19.8 Å². The fourth-order valence-electron chi connectivity index (χ4n) is 5.08. The van der Waals surface area contributed by atoms with Crippen molar-refractivity contribution in [1.29, 1.82) is 0 Å². The van der Waals surface area contributed by atoms with Gasteiger partial charge in [-0.1, -0.05) is 24.3 Å². The van der Waals surface area contributed by atoms with Gasteiger partial charge in [0.15, 0.2) is 0 Å². The maximum atomic E-state index is 12.9. The number of carbonyl (C=O) groups is 1. The lowest BCUT2D eigenvalue weighted by Crippen LogP contribution is -2.36. The average Bonchev–Trinajstić information content (AvgIpc) is 3.34. The molecule has 0 spiro atoms. The van der Waals surface area contributed by atoms with E-state index in [-0.39, 0.29) is 5.91 Å². The molecule has 2 aliphatic heterocycles. The van der Waals surface area contributed by atoms with Crippen LogP contribution in [-0.2, 0) is 16.0 Å². The van der Waals surface area contributed by atoms with Crippen LogP contribution in [0.1, 0.15) is 34.5 Å². The fraction of sp³-hybridized carbons (Fsp3) is 0.345. The van der Waals surface area contributed by atoms with E-state index in [1.165, 1.54) is 16.8 Å². The Labute approximate surface area is 206 Å². The Morgan fingerprint density at radius 2 is 1.80 bits per heavy atom. The number of hydrogen-bond donors (Lipinski definition) is 2. The van der Waals surface area contributed by atoms with Crippen molar-refractivity contribution in [2.24, 2.45) is 0 Å². The smallest absolute Gasteiger partial charge is 0.256 e. The first-order valence-electron chi connectivity index (χ1n) is 12.3. The predicted octanol–water partition coefficient (Wildman–Crippen LogP) is 5.06. The summed E-state index contributed by atoms with van der Waals surface area (Å²) >= 11 is 0. The molecule has 35 heavy (non-hydrogen) atoms. The van der Waals surface area contributed by atoms with E-state index in [0.29, 0.717) is 5.57 Å². The summed E-state index contributed by atoms with van der Waals surface area (Å²) in [6.07, 6.45) is 4.15. The Morgan fingerprint density at radius 3 is 2.54 bits per heavy atom. The zero-order valence-corrected chi connectivity index (χ0v) is 20.7. The summed E-state index contributed by atoms with van der Waals surface area (Å²) < 4.78 is 10.7. The number of morpholine rings is 1. The molecule has 1 fully saturated rings. The lowest BCUT2D eigenvalue weighted by molar-refractivity contribution is -0.110. The quantitative estimate of drug-likeness (QED) is 0.473. The highest BCUT2D eigenvalue weighted by Gasteiger charge is 2.25. The first-order valence-corrected chi connectivity index (χ1v) is 12.3. The summed E-state index contributed by atoms with van der Waals surface area (Å²) in [6, 6.07) is 14.1. The molecule has 6 heteroatoms. The summed E-state index contributed by atoms with van der Waals surface area (Å²) in [5.74, 6) is 0.762. The maximum Gasteiger partial charge on any atom is 0.256 e. The van der Waals surface area contributed by atoms with Gasteiger partial charge in [0.25, 0.3) is 5.91 Å². The Hall–Kier alpha value is -3.35. The van der Waals surface area contributed by atoms with Crippen LogP contribution in [0.25, 0.3) is 22.8 Å². The Kier molecular flexibility index (Phi) is 6.75. The summed E-state index contributed by atoms with van der Waals surface area (Å²) in [7, 11) is 1.66. The highest BCUT2D eigenvalue weighted by Crippen LogP contribution is 2.37. The van der Waals surface area contributed by atoms with Gasteiger partial charge in [-0.25, -0.2) is 0 Å². The summed E-state index contributed by atoms with van der Waals surface area (Å²) in [5.41, 5.74) is 9.41. The van der Waals surface area contributed by atoms with Crippen LogP contribution in [0.3, 0.4) is 0 Å². The number of fused-ring (bicyclic) bond motifs is 1. The number of H-pyrrole nitrogens is 1. The van der Waals surface area contributed by atoms with Gasteiger partial charge in [0.2, 0.25) is 0 Å². The van der Waals surface area contributed by atoms with Crippen LogP contribution in [0.5, 0.6) is 5.75 Å². The number of aromatic nitrogens is 1. The number of methoxy groups -OCH3 is 1. The number of nitrogens with zero attached hydrogens (tertiary/aromatic N) is 1. The number of hydrogen-bond acceptors (Lipinski definition) is 4. The van der Waals surface area contributed by atoms with Crippen molar-refractivity contribution in [3.63, 3.8) is 0 Å². The minimum absolute atomic E-state index is 0.0626. The molecule has 0 unspecified atom stereocenters. The van der Waals surface area contributed by atoms with E-state index >= 15 is 0 Å².